The molecule has 1 N–H and O–H groups in total. The lowest BCUT2D eigenvalue weighted by atomic mass is 10.0. The summed E-state index contributed by atoms with van der Waals surface area (Å²) >= 11 is 1.58. The van der Waals surface area contributed by atoms with Gasteiger partial charge in [-0.2, -0.15) is 16.6 Å². The van der Waals surface area contributed by atoms with Crippen LogP contribution < -0.4 is 10.2 Å². The predicted octanol–water partition coefficient (Wildman–Crippen LogP) is 3.09. The summed E-state index contributed by atoms with van der Waals surface area (Å²) in [6.45, 7) is 1.33. The zero-order valence-electron chi connectivity index (χ0n) is 13.2. The molecule has 4 nitrogen and oxygen atoms in total. The minimum Gasteiger partial charge on any atom is -0.367 e. The van der Waals surface area contributed by atoms with Crippen molar-refractivity contribution < 1.29 is 9.18 Å². The Morgan fingerprint density at radius 1 is 1.46 bits per heavy atom. The third-order valence-corrected chi connectivity index (χ3v) is 4.88. The van der Waals surface area contributed by atoms with E-state index >= 15 is 0 Å². The summed E-state index contributed by atoms with van der Waals surface area (Å²) in [7, 11) is 0. The van der Waals surface area contributed by atoms with E-state index in [1.54, 1.807) is 23.5 Å². The molecule has 6 heteroatoms. The molecular formula is C18H18FN3OS. The molecule has 0 bridgehead atoms. The Balaban J connectivity index is 1.62. The Hall–Kier alpha value is -2.39. The first-order valence-corrected chi connectivity index (χ1v) is 8.85. The van der Waals surface area contributed by atoms with Crippen LogP contribution in [0.3, 0.4) is 0 Å². The Labute approximate surface area is 144 Å². The minimum atomic E-state index is -0.390. The quantitative estimate of drug-likeness (QED) is 0.928. The molecular weight excluding hydrogens is 325 g/mol. The van der Waals surface area contributed by atoms with E-state index in [9.17, 15) is 9.18 Å². The van der Waals surface area contributed by atoms with Gasteiger partial charge in [-0.05, 0) is 53.4 Å². The fraction of sp³-hybridized carbons (Fsp3) is 0.333. The van der Waals surface area contributed by atoms with Crippen molar-refractivity contribution in [2.45, 2.75) is 25.3 Å². The van der Waals surface area contributed by atoms with E-state index in [2.05, 4.69) is 5.32 Å². The van der Waals surface area contributed by atoms with Crippen LogP contribution in [0.4, 0.5) is 10.1 Å². The topological polar surface area (TPSA) is 56.1 Å². The highest BCUT2D eigenvalue weighted by molar-refractivity contribution is 7.08. The number of benzene rings is 1. The summed E-state index contributed by atoms with van der Waals surface area (Å²) in [6, 6.07) is 8.42. The molecule has 1 aliphatic heterocycles. The van der Waals surface area contributed by atoms with Crippen molar-refractivity contribution in [2.24, 2.45) is 0 Å². The number of halogens is 1. The van der Waals surface area contributed by atoms with Crippen LogP contribution in [0.5, 0.6) is 0 Å². The lowest BCUT2D eigenvalue weighted by molar-refractivity contribution is -0.121. The number of nitrogens with zero attached hydrogens (tertiary/aromatic N) is 2. The Kier molecular flexibility index (Phi) is 5.11. The van der Waals surface area contributed by atoms with Crippen molar-refractivity contribution >= 4 is 22.9 Å². The zero-order valence-corrected chi connectivity index (χ0v) is 14.0. The average molecular weight is 343 g/mol. The van der Waals surface area contributed by atoms with Crippen LogP contribution in [0, 0.1) is 17.1 Å². The van der Waals surface area contributed by atoms with Crippen molar-refractivity contribution in [3.8, 4) is 6.07 Å². The van der Waals surface area contributed by atoms with Gasteiger partial charge in [0.1, 0.15) is 5.82 Å². The Bertz CT molecular complexity index is 754. The van der Waals surface area contributed by atoms with Gasteiger partial charge >= 0.3 is 0 Å². The van der Waals surface area contributed by atoms with Crippen LogP contribution in [0.2, 0.25) is 0 Å². The molecule has 0 unspecified atom stereocenters. The van der Waals surface area contributed by atoms with E-state index in [1.807, 2.05) is 27.8 Å². The number of carbonyl (C=O) groups is 1. The van der Waals surface area contributed by atoms with Crippen molar-refractivity contribution in [1.82, 2.24) is 5.32 Å². The molecule has 0 aliphatic carbocycles. The molecule has 3 rings (SSSR count). The van der Waals surface area contributed by atoms with Gasteiger partial charge in [-0.15, -0.1) is 0 Å². The summed E-state index contributed by atoms with van der Waals surface area (Å²) in [5.41, 5.74) is 1.82. The first-order valence-electron chi connectivity index (χ1n) is 7.91. The maximum Gasteiger partial charge on any atom is 0.224 e. The van der Waals surface area contributed by atoms with Crippen LogP contribution in [0.25, 0.3) is 0 Å². The van der Waals surface area contributed by atoms with Crippen LogP contribution in [-0.2, 0) is 11.2 Å². The molecule has 24 heavy (non-hydrogen) atoms. The second kappa shape index (κ2) is 7.45. The number of anilines is 1. The number of nitriles is 1. The smallest absolute Gasteiger partial charge is 0.224 e. The van der Waals surface area contributed by atoms with Gasteiger partial charge in [-0.3, -0.25) is 4.79 Å². The van der Waals surface area contributed by atoms with E-state index in [0.29, 0.717) is 24.2 Å². The Morgan fingerprint density at radius 3 is 3.04 bits per heavy atom. The lowest BCUT2D eigenvalue weighted by Crippen LogP contribution is -2.48. The van der Waals surface area contributed by atoms with Crippen molar-refractivity contribution in [3.05, 3.63) is 52.0 Å². The number of nitrogens with one attached hydrogen (secondary N) is 1. The number of rotatable bonds is 4. The van der Waals surface area contributed by atoms with Crippen molar-refractivity contribution in [3.63, 3.8) is 0 Å². The maximum absolute atomic E-state index is 14.2. The third kappa shape index (κ3) is 3.92. The molecule has 0 saturated carbocycles. The van der Waals surface area contributed by atoms with E-state index in [1.165, 1.54) is 6.07 Å². The van der Waals surface area contributed by atoms with Gasteiger partial charge in [-0.25, -0.2) is 4.39 Å². The normalized spacial score (nSPS) is 17.3. The fourth-order valence-electron chi connectivity index (χ4n) is 3.00. The molecule has 0 radical (unpaired) electrons. The first kappa shape index (κ1) is 16.5. The van der Waals surface area contributed by atoms with E-state index in [4.69, 9.17) is 5.26 Å². The van der Waals surface area contributed by atoms with Gasteiger partial charge in [0.25, 0.3) is 0 Å². The summed E-state index contributed by atoms with van der Waals surface area (Å²) in [6.07, 6.45) is 2.16. The summed E-state index contributed by atoms with van der Waals surface area (Å²) in [5, 5.41) is 15.8. The van der Waals surface area contributed by atoms with Crippen LogP contribution in [-0.4, -0.2) is 25.0 Å². The Morgan fingerprint density at radius 2 is 2.33 bits per heavy atom. The maximum atomic E-state index is 14.2. The largest absolute Gasteiger partial charge is 0.367 e. The summed E-state index contributed by atoms with van der Waals surface area (Å²) in [5.74, 6) is -0.389. The minimum absolute atomic E-state index is 0.000510. The van der Waals surface area contributed by atoms with Crippen LogP contribution >= 0.6 is 11.3 Å². The molecule has 1 atom stereocenters. The van der Waals surface area contributed by atoms with Crippen molar-refractivity contribution in [1.29, 1.82) is 5.26 Å². The molecule has 1 aliphatic rings. The molecule has 1 aromatic heterocycles. The highest BCUT2D eigenvalue weighted by Gasteiger charge is 2.23. The van der Waals surface area contributed by atoms with Gasteiger partial charge in [0.15, 0.2) is 0 Å². The molecule has 1 saturated heterocycles. The van der Waals surface area contributed by atoms with Gasteiger partial charge in [0.2, 0.25) is 5.91 Å². The monoisotopic (exact) mass is 343 g/mol. The van der Waals surface area contributed by atoms with Crippen LogP contribution in [0.1, 0.15) is 24.0 Å². The first-order chi connectivity index (χ1) is 11.7. The van der Waals surface area contributed by atoms with Gasteiger partial charge in [0.05, 0.1) is 23.7 Å². The van der Waals surface area contributed by atoms with E-state index < -0.39 is 0 Å². The molecule has 1 amide bonds. The number of amides is 1. The number of hydrogen-bond donors (Lipinski definition) is 1. The second-order valence-corrected chi connectivity index (χ2v) is 6.72. The number of thiophene rings is 1. The highest BCUT2D eigenvalue weighted by Crippen LogP contribution is 2.24. The highest BCUT2D eigenvalue weighted by atomic mass is 32.1. The van der Waals surface area contributed by atoms with Crippen molar-refractivity contribution in [2.75, 3.05) is 18.0 Å². The molecule has 0 spiro atoms. The standard InChI is InChI=1S/C18H18FN3OS/c19-16-8-13(10-20)3-4-17(16)22-6-1-2-15(11-22)21-18(23)9-14-5-7-24-12-14/h3-5,7-8,12,15H,1-2,6,9,11H2,(H,21,23)/t15-/m1/s1. The SMILES string of the molecule is N#Cc1ccc(N2CCC[C@@H](NC(=O)Cc3ccsc3)C2)c(F)c1. The molecule has 1 fully saturated rings. The predicted molar refractivity (Wildman–Crippen MR) is 92.5 cm³/mol. The molecule has 2 heterocycles. The summed E-state index contributed by atoms with van der Waals surface area (Å²) < 4.78 is 14.2. The van der Waals surface area contributed by atoms with Crippen LogP contribution in [0.15, 0.2) is 35.0 Å². The fourth-order valence-corrected chi connectivity index (χ4v) is 3.67. The lowest BCUT2D eigenvalue weighted by Gasteiger charge is -2.35. The summed E-state index contributed by atoms with van der Waals surface area (Å²) in [4.78, 5) is 14.1. The number of piperidine rings is 1. The van der Waals surface area contributed by atoms with Gasteiger partial charge in [-0.1, -0.05) is 0 Å². The zero-order chi connectivity index (χ0) is 16.9. The molecule has 2 aromatic rings. The molecule has 1 aromatic carbocycles. The third-order valence-electron chi connectivity index (χ3n) is 4.15. The second-order valence-electron chi connectivity index (χ2n) is 5.94. The average Bonchev–Trinajstić information content (AvgIpc) is 3.07. The van der Waals surface area contributed by atoms with Gasteiger partial charge < -0.3 is 10.2 Å². The van der Waals surface area contributed by atoms with E-state index in [-0.39, 0.29) is 17.8 Å². The van der Waals surface area contributed by atoms with E-state index in [0.717, 1.165) is 24.9 Å². The number of hydrogen-bond acceptors (Lipinski definition) is 4. The number of carbonyl (C=O) groups excluding carboxylic acids is 1. The molecule has 124 valence electrons. The van der Waals surface area contributed by atoms with Gasteiger partial charge in [0, 0.05) is 19.1 Å².